The van der Waals surface area contributed by atoms with E-state index in [0.717, 1.165) is 11.1 Å². The van der Waals surface area contributed by atoms with E-state index in [1.165, 1.54) is 0 Å². The van der Waals surface area contributed by atoms with E-state index in [2.05, 4.69) is 20.6 Å². The number of amides is 1. The van der Waals surface area contributed by atoms with Crippen LogP contribution in [0.15, 0.2) is 53.3 Å². The molecular weight excluding hydrogens is 358 g/mol. The van der Waals surface area contributed by atoms with E-state index in [-0.39, 0.29) is 12.3 Å². The van der Waals surface area contributed by atoms with Crippen LogP contribution in [0.5, 0.6) is 0 Å². The van der Waals surface area contributed by atoms with Crippen LogP contribution in [-0.4, -0.2) is 36.9 Å². The normalized spacial score (nSPS) is 12.2. The predicted octanol–water partition coefficient (Wildman–Crippen LogP) is 2.87. The van der Waals surface area contributed by atoms with E-state index in [9.17, 15) is 9.90 Å². The monoisotopic (exact) mass is 377 g/mol. The minimum atomic E-state index is -0.563. The molecule has 0 unspecified atom stereocenters. The summed E-state index contributed by atoms with van der Waals surface area (Å²) in [5.41, 5.74) is 3.49. The number of carbonyl (C=O) groups excluding carboxylic acids is 1. The molecule has 28 heavy (non-hydrogen) atoms. The lowest BCUT2D eigenvalue weighted by molar-refractivity contribution is 0.102. The highest BCUT2D eigenvalue weighted by Gasteiger charge is 2.16. The van der Waals surface area contributed by atoms with Gasteiger partial charge >= 0.3 is 0 Å². The van der Waals surface area contributed by atoms with Crippen LogP contribution in [0.3, 0.4) is 0 Å². The number of benzene rings is 1. The molecule has 0 bridgehead atoms. The molecule has 1 atom stereocenters. The lowest BCUT2D eigenvalue weighted by Gasteiger charge is -2.09. The second-order valence-electron chi connectivity index (χ2n) is 6.64. The van der Waals surface area contributed by atoms with Crippen LogP contribution in [0.4, 0.5) is 5.69 Å². The molecule has 8 heteroatoms. The van der Waals surface area contributed by atoms with E-state index >= 15 is 0 Å². The van der Waals surface area contributed by atoms with Crippen LogP contribution in [0, 0.1) is 6.92 Å². The minimum absolute atomic E-state index is 0.246. The predicted molar refractivity (Wildman–Crippen MR) is 103 cm³/mol. The van der Waals surface area contributed by atoms with Crippen molar-refractivity contribution in [2.75, 3.05) is 5.32 Å². The Morgan fingerprint density at radius 2 is 2.18 bits per heavy atom. The molecule has 0 saturated carbocycles. The maximum absolute atomic E-state index is 12.8. The summed E-state index contributed by atoms with van der Waals surface area (Å²) >= 11 is 0. The van der Waals surface area contributed by atoms with Gasteiger partial charge in [0.2, 0.25) is 11.7 Å². The first-order valence-electron chi connectivity index (χ1n) is 8.86. The zero-order valence-corrected chi connectivity index (χ0v) is 15.5. The van der Waals surface area contributed by atoms with Gasteiger partial charge in [-0.3, -0.25) is 4.79 Å². The zero-order chi connectivity index (χ0) is 19.7. The molecule has 0 aliphatic heterocycles. The van der Waals surface area contributed by atoms with Gasteiger partial charge in [-0.1, -0.05) is 23.4 Å². The van der Waals surface area contributed by atoms with E-state index < -0.39 is 6.10 Å². The Morgan fingerprint density at radius 3 is 3.00 bits per heavy atom. The van der Waals surface area contributed by atoms with E-state index in [1.807, 2.05) is 37.3 Å². The number of aliphatic hydroxyl groups excluding tert-OH is 1. The zero-order valence-electron chi connectivity index (χ0n) is 15.5. The van der Waals surface area contributed by atoms with Crippen molar-refractivity contribution in [1.29, 1.82) is 0 Å². The third kappa shape index (κ3) is 3.49. The topological polar surface area (TPSA) is 106 Å². The Balaban J connectivity index is 1.60. The van der Waals surface area contributed by atoms with Gasteiger partial charge in [-0.15, -0.1) is 0 Å². The molecule has 1 aromatic carbocycles. The Hall–Kier alpha value is -3.52. The number of carbonyl (C=O) groups is 1. The lowest BCUT2D eigenvalue weighted by Crippen LogP contribution is -2.12. The first-order chi connectivity index (χ1) is 13.5. The first-order valence-corrected chi connectivity index (χ1v) is 8.86. The molecule has 3 aromatic heterocycles. The fraction of sp³-hybridized carbons (Fsp3) is 0.200. The van der Waals surface area contributed by atoms with E-state index in [4.69, 9.17) is 4.52 Å². The summed E-state index contributed by atoms with van der Waals surface area (Å²) in [5.74, 6) is 0.522. The maximum Gasteiger partial charge on any atom is 0.259 e. The van der Waals surface area contributed by atoms with Crippen LogP contribution in [-0.2, 0) is 6.42 Å². The standard InChI is InChI=1S/C20H19N5O3/c1-12-6-7-14(19-23-18(28-24-19)9-13(2)26)10-16(12)22-20(27)15-11-21-25-8-4-3-5-17(15)25/h3-8,10-11,13,26H,9H2,1-2H3,(H,22,27)/t13-/m0/s1. The number of nitrogens with one attached hydrogen (secondary N) is 1. The van der Waals surface area contributed by atoms with Crippen LogP contribution in [0.2, 0.25) is 0 Å². The largest absolute Gasteiger partial charge is 0.393 e. The molecule has 0 radical (unpaired) electrons. The molecule has 0 fully saturated rings. The summed E-state index contributed by atoms with van der Waals surface area (Å²) in [6.45, 7) is 3.56. The van der Waals surface area contributed by atoms with Gasteiger partial charge in [0, 0.05) is 17.4 Å². The van der Waals surface area contributed by atoms with Crippen molar-refractivity contribution in [3.8, 4) is 11.4 Å². The van der Waals surface area contributed by atoms with Gasteiger partial charge in [-0.05, 0) is 37.6 Å². The number of pyridine rings is 1. The molecule has 2 N–H and O–H groups in total. The van der Waals surface area contributed by atoms with Crippen LogP contribution >= 0.6 is 0 Å². The number of aromatic nitrogens is 4. The summed E-state index contributed by atoms with van der Waals surface area (Å²) in [5, 5.41) is 20.5. The third-order valence-electron chi connectivity index (χ3n) is 4.35. The molecule has 4 aromatic rings. The van der Waals surface area contributed by atoms with E-state index in [0.29, 0.717) is 28.5 Å². The average Bonchev–Trinajstić information content (AvgIpc) is 3.30. The molecular formula is C20H19N5O3. The number of rotatable bonds is 5. The highest BCUT2D eigenvalue weighted by Crippen LogP contribution is 2.25. The van der Waals surface area contributed by atoms with E-state index in [1.54, 1.807) is 29.9 Å². The van der Waals surface area contributed by atoms with Crippen molar-refractivity contribution >= 4 is 17.1 Å². The number of hydrogen-bond donors (Lipinski definition) is 2. The van der Waals surface area contributed by atoms with Gasteiger partial charge in [-0.2, -0.15) is 10.1 Å². The number of fused-ring (bicyclic) bond motifs is 1. The molecule has 4 rings (SSSR count). The number of aryl methyl sites for hydroxylation is 1. The number of nitrogens with zero attached hydrogens (tertiary/aromatic N) is 4. The summed E-state index contributed by atoms with van der Waals surface area (Å²) in [6, 6.07) is 11.1. The number of aliphatic hydroxyl groups is 1. The van der Waals surface area contributed by atoms with Crippen molar-refractivity contribution in [3.63, 3.8) is 0 Å². The molecule has 1 amide bonds. The molecule has 8 nitrogen and oxygen atoms in total. The average molecular weight is 377 g/mol. The Kier molecular flexibility index (Phi) is 4.62. The molecule has 0 aliphatic carbocycles. The van der Waals surface area contributed by atoms with Gasteiger partial charge in [0.05, 0.1) is 29.8 Å². The van der Waals surface area contributed by atoms with Crippen molar-refractivity contribution in [2.45, 2.75) is 26.4 Å². The third-order valence-corrected chi connectivity index (χ3v) is 4.35. The molecule has 0 spiro atoms. The maximum atomic E-state index is 12.8. The van der Waals surface area contributed by atoms with Crippen molar-refractivity contribution in [2.24, 2.45) is 0 Å². The van der Waals surface area contributed by atoms with Gasteiger partial charge in [-0.25, -0.2) is 4.52 Å². The molecule has 0 aliphatic rings. The number of hydrogen-bond acceptors (Lipinski definition) is 6. The fourth-order valence-corrected chi connectivity index (χ4v) is 2.90. The van der Waals surface area contributed by atoms with Crippen LogP contribution in [0.25, 0.3) is 16.9 Å². The van der Waals surface area contributed by atoms with Gasteiger partial charge < -0.3 is 14.9 Å². The van der Waals surface area contributed by atoms with Crippen molar-refractivity contribution in [3.05, 3.63) is 65.8 Å². The summed E-state index contributed by atoms with van der Waals surface area (Å²) < 4.78 is 6.82. The second kappa shape index (κ2) is 7.24. The Bertz CT molecular complexity index is 1150. The minimum Gasteiger partial charge on any atom is -0.393 e. The molecule has 3 heterocycles. The summed E-state index contributed by atoms with van der Waals surface area (Å²) in [6.07, 6.45) is 3.06. The SMILES string of the molecule is Cc1ccc(-c2noc(C[C@H](C)O)n2)cc1NC(=O)c1cnn2ccccc12. The van der Waals surface area contributed by atoms with Crippen LogP contribution < -0.4 is 5.32 Å². The molecule has 0 saturated heterocycles. The smallest absolute Gasteiger partial charge is 0.259 e. The highest BCUT2D eigenvalue weighted by atomic mass is 16.5. The quantitative estimate of drug-likeness (QED) is 0.554. The first kappa shape index (κ1) is 17.9. The van der Waals surface area contributed by atoms with Gasteiger partial charge in [0.25, 0.3) is 5.91 Å². The van der Waals surface area contributed by atoms with Gasteiger partial charge in [0.15, 0.2) is 0 Å². The highest BCUT2D eigenvalue weighted by molar-refractivity contribution is 6.09. The number of anilines is 1. The summed E-state index contributed by atoms with van der Waals surface area (Å²) in [4.78, 5) is 17.1. The van der Waals surface area contributed by atoms with Crippen molar-refractivity contribution in [1.82, 2.24) is 19.8 Å². The van der Waals surface area contributed by atoms with Gasteiger partial charge in [0.1, 0.15) is 0 Å². The Morgan fingerprint density at radius 1 is 1.32 bits per heavy atom. The second-order valence-corrected chi connectivity index (χ2v) is 6.64. The fourth-order valence-electron chi connectivity index (χ4n) is 2.90. The molecule has 142 valence electrons. The Labute approximate surface area is 160 Å². The lowest BCUT2D eigenvalue weighted by atomic mass is 10.1. The van der Waals surface area contributed by atoms with Crippen molar-refractivity contribution < 1.29 is 14.4 Å². The summed E-state index contributed by atoms with van der Waals surface area (Å²) in [7, 11) is 0. The van der Waals surface area contributed by atoms with Crippen LogP contribution in [0.1, 0.15) is 28.7 Å².